The zero-order chi connectivity index (χ0) is 19.0. The summed E-state index contributed by atoms with van der Waals surface area (Å²) in [4.78, 5) is 0. The molecule has 0 N–H and O–H groups in total. The monoisotopic (exact) mass is 382 g/mol. The van der Waals surface area contributed by atoms with Crippen LogP contribution in [0.5, 0.6) is 0 Å². The van der Waals surface area contributed by atoms with Gasteiger partial charge in [-0.2, -0.15) is 0 Å². The molecule has 136 valence electrons. The number of benzene rings is 4. The first-order valence-electron chi connectivity index (χ1n) is 9.33. The van der Waals surface area contributed by atoms with Crippen LogP contribution in [0.2, 0.25) is 0 Å². The van der Waals surface area contributed by atoms with E-state index in [1.807, 2.05) is 115 Å². The average Bonchev–Trinajstić information content (AvgIpc) is 3.07. The van der Waals surface area contributed by atoms with E-state index in [4.69, 9.17) is 4.52 Å². The summed E-state index contributed by atoms with van der Waals surface area (Å²) < 4.78 is 21.1. The molecule has 0 aromatic heterocycles. The molecule has 1 aliphatic rings. The summed E-state index contributed by atoms with van der Waals surface area (Å²) in [6, 6.07) is 37.6. The number of hydrogen-bond donors (Lipinski definition) is 0. The van der Waals surface area contributed by atoms with E-state index < -0.39 is 13.0 Å². The van der Waals surface area contributed by atoms with Gasteiger partial charge in [0.05, 0.1) is 0 Å². The molecule has 0 spiro atoms. The molecule has 2 nitrogen and oxygen atoms in total. The van der Waals surface area contributed by atoms with Gasteiger partial charge in [-0.3, -0.25) is 4.57 Å². The Hall–Kier alpha value is -2.93. The van der Waals surface area contributed by atoms with Gasteiger partial charge in [0.15, 0.2) is 5.60 Å². The minimum absolute atomic E-state index is 0.719. The molecule has 28 heavy (non-hydrogen) atoms. The van der Waals surface area contributed by atoms with Crippen LogP contribution < -0.4 is 10.6 Å². The van der Waals surface area contributed by atoms with Crippen molar-refractivity contribution in [1.82, 2.24) is 0 Å². The van der Waals surface area contributed by atoms with E-state index in [-0.39, 0.29) is 0 Å². The summed E-state index contributed by atoms with van der Waals surface area (Å²) >= 11 is 0. The van der Waals surface area contributed by atoms with E-state index in [0.29, 0.717) is 0 Å². The fourth-order valence-electron chi connectivity index (χ4n) is 4.06. The van der Waals surface area contributed by atoms with Gasteiger partial charge in [-0.15, -0.1) is 0 Å². The minimum Gasteiger partial charge on any atom is -0.301 e. The molecule has 0 amide bonds. The van der Waals surface area contributed by atoms with Crippen LogP contribution in [0.4, 0.5) is 0 Å². The van der Waals surface area contributed by atoms with Gasteiger partial charge in [0, 0.05) is 16.2 Å². The van der Waals surface area contributed by atoms with Gasteiger partial charge in [0.1, 0.15) is 0 Å². The lowest BCUT2D eigenvalue weighted by atomic mass is 9.80. The lowest BCUT2D eigenvalue weighted by Crippen LogP contribution is -2.29. The Bertz CT molecular complexity index is 1120. The van der Waals surface area contributed by atoms with E-state index in [0.717, 1.165) is 27.3 Å². The molecule has 0 unspecified atom stereocenters. The van der Waals surface area contributed by atoms with Gasteiger partial charge in [-0.1, -0.05) is 97.1 Å². The molecular formula is C25H19O2P. The van der Waals surface area contributed by atoms with Crippen LogP contribution in [-0.2, 0) is 14.7 Å². The Morgan fingerprint density at radius 2 is 1.04 bits per heavy atom. The largest absolute Gasteiger partial charge is 0.301 e. The van der Waals surface area contributed by atoms with E-state index in [9.17, 15) is 4.57 Å². The smallest absolute Gasteiger partial charge is 0.263 e. The van der Waals surface area contributed by atoms with Gasteiger partial charge in [-0.25, -0.2) is 0 Å². The molecule has 1 aliphatic heterocycles. The highest BCUT2D eigenvalue weighted by Gasteiger charge is 2.53. The van der Waals surface area contributed by atoms with Crippen molar-refractivity contribution in [3.8, 4) is 0 Å². The fraction of sp³-hybridized carbons (Fsp3) is 0.0400. The van der Waals surface area contributed by atoms with Crippen LogP contribution >= 0.6 is 7.37 Å². The predicted molar refractivity (Wildman–Crippen MR) is 114 cm³/mol. The number of rotatable bonds is 3. The lowest BCUT2D eigenvalue weighted by molar-refractivity contribution is 0.179. The van der Waals surface area contributed by atoms with Gasteiger partial charge in [0.2, 0.25) is 0 Å². The maximum atomic E-state index is 14.4. The Kier molecular flexibility index (Phi) is 4.05. The first-order chi connectivity index (χ1) is 13.7. The molecule has 0 radical (unpaired) electrons. The van der Waals surface area contributed by atoms with E-state index in [1.165, 1.54) is 0 Å². The predicted octanol–water partition coefficient (Wildman–Crippen LogP) is 5.24. The second kappa shape index (κ2) is 6.60. The molecule has 4 aromatic carbocycles. The molecule has 0 fully saturated rings. The van der Waals surface area contributed by atoms with Gasteiger partial charge in [-0.05, 0) is 29.3 Å². The van der Waals surface area contributed by atoms with Crippen molar-refractivity contribution in [2.24, 2.45) is 0 Å². The molecule has 3 heteroatoms. The zero-order valence-electron chi connectivity index (χ0n) is 15.2. The zero-order valence-corrected chi connectivity index (χ0v) is 16.1. The molecule has 0 saturated heterocycles. The van der Waals surface area contributed by atoms with Crippen molar-refractivity contribution < 1.29 is 9.09 Å². The van der Waals surface area contributed by atoms with Crippen molar-refractivity contribution in [2.75, 3.05) is 0 Å². The SMILES string of the molecule is O=[P@]1(c2ccccc2)OC(c2ccccc2)(c2ccccc2)c2ccccc21. The molecule has 1 heterocycles. The van der Waals surface area contributed by atoms with Crippen LogP contribution in [0.25, 0.3) is 0 Å². The third-order valence-corrected chi connectivity index (χ3v) is 7.86. The highest BCUT2D eigenvalue weighted by atomic mass is 31.2. The fourth-order valence-corrected chi connectivity index (χ4v) is 6.64. The van der Waals surface area contributed by atoms with Crippen molar-refractivity contribution >= 4 is 18.0 Å². The molecule has 0 aliphatic carbocycles. The summed E-state index contributed by atoms with van der Waals surface area (Å²) in [5.74, 6) is 0. The summed E-state index contributed by atoms with van der Waals surface area (Å²) in [7, 11) is -3.26. The van der Waals surface area contributed by atoms with Crippen molar-refractivity contribution in [1.29, 1.82) is 0 Å². The number of hydrogen-bond acceptors (Lipinski definition) is 2. The van der Waals surface area contributed by atoms with Crippen molar-refractivity contribution in [3.05, 3.63) is 132 Å². The third kappa shape index (κ3) is 2.43. The molecule has 4 aromatic rings. The van der Waals surface area contributed by atoms with Gasteiger partial charge >= 0.3 is 0 Å². The molecule has 0 saturated carbocycles. The standard InChI is InChI=1S/C25H19O2P/c26-28(22-16-8-3-9-17-22)24-19-11-10-18-23(24)25(27-28,20-12-4-1-5-13-20)21-14-6-2-7-15-21/h1-19H/t28-/m1/s1. The number of fused-ring (bicyclic) bond motifs is 1. The first kappa shape index (κ1) is 17.2. The summed E-state index contributed by atoms with van der Waals surface area (Å²) in [5.41, 5.74) is 1.98. The van der Waals surface area contributed by atoms with Crippen LogP contribution in [0.1, 0.15) is 16.7 Å². The topological polar surface area (TPSA) is 26.3 Å². The van der Waals surface area contributed by atoms with Crippen molar-refractivity contribution in [3.63, 3.8) is 0 Å². The Labute approximate surface area is 164 Å². The van der Waals surface area contributed by atoms with Crippen molar-refractivity contribution in [2.45, 2.75) is 5.60 Å². The molecule has 1 atom stereocenters. The Morgan fingerprint density at radius 1 is 0.571 bits per heavy atom. The van der Waals surface area contributed by atoms with Crippen LogP contribution in [0.3, 0.4) is 0 Å². The Balaban J connectivity index is 1.86. The Morgan fingerprint density at radius 3 is 1.61 bits per heavy atom. The highest BCUT2D eigenvalue weighted by molar-refractivity contribution is 7.74. The van der Waals surface area contributed by atoms with Crippen LogP contribution in [-0.4, -0.2) is 0 Å². The van der Waals surface area contributed by atoms with Crippen LogP contribution in [0.15, 0.2) is 115 Å². The minimum atomic E-state index is -3.26. The highest BCUT2D eigenvalue weighted by Crippen LogP contribution is 2.62. The van der Waals surface area contributed by atoms with Gasteiger partial charge < -0.3 is 4.52 Å². The van der Waals surface area contributed by atoms with Crippen LogP contribution in [0, 0.1) is 0 Å². The maximum Gasteiger partial charge on any atom is 0.263 e. The quantitative estimate of drug-likeness (QED) is 0.453. The van der Waals surface area contributed by atoms with E-state index in [2.05, 4.69) is 0 Å². The van der Waals surface area contributed by atoms with E-state index >= 15 is 0 Å². The first-order valence-corrected chi connectivity index (χ1v) is 11.0. The lowest BCUT2D eigenvalue weighted by Gasteiger charge is -2.31. The second-order valence-electron chi connectivity index (χ2n) is 6.91. The summed E-state index contributed by atoms with van der Waals surface area (Å²) in [5, 5.41) is 1.49. The maximum absolute atomic E-state index is 14.4. The van der Waals surface area contributed by atoms with Gasteiger partial charge in [0.25, 0.3) is 7.37 Å². The van der Waals surface area contributed by atoms with E-state index in [1.54, 1.807) is 0 Å². The summed E-state index contributed by atoms with van der Waals surface area (Å²) in [6.45, 7) is 0. The molecule has 0 bridgehead atoms. The third-order valence-electron chi connectivity index (χ3n) is 5.32. The average molecular weight is 382 g/mol. The molecular weight excluding hydrogens is 363 g/mol. The normalized spacial score (nSPS) is 19.9. The second-order valence-corrected chi connectivity index (χ2v) is 9.19. The molecule has 5 rings (SSSR count). The summed E-state index contributed by atoms with van der Waals surface area (Å²) in [6.07, 6.45) is 0.